The van der Waals surface area contributed by atoms with Crippen LogP contribution in [0.15, 0.2) is 59.4 Å². The van der Waals surface area contributed by atoms with Crippen LogP contribution >= 0.6 is 11.6 Å². The number of amidine groups is 1. The van der Waals surface area contributed by atoms with Crippen molar-refractivity contribution >= 4 is 29.2 Å². The summed E-state index contributed by atoms with van der Waals surface area (Å²) in [5, 5.41) is 13.6. The third-order valence-electron chi connectivity index (χ3n) is 6.05. The molecule has 0 saturated carbocycles. The minimum Gasteiger partial charge on any atom is -0.384 e. The Kier molecular flexibility index (Phi) is 8.89. The topological polar surface area (TPSA) is 138 Å². The first-order valence-corrected chi connectivity index (χ1v) is 12.4. The highest BCUT2D eigenvalue weighted by Crippen LogP contribution is 2.26. The van der Waals surface area contributed by atoms with E-state index in [1.54, 1.807) is 24.3 Å². The Labute approximate surface area is 219 Å². The predicted molar refractivity (Wildman–Crippen MR) is 144 cm³/mol. The van der Waals surface area contributed by atoms with Gasteiger partial charge in [0.15, 0.2) is 11.0 Å². The Morgan fingerprint density at radius 2 is 1.81 bits per heavy atom. The van der Waals surface area contributed by atoms with Crippen LogP contribution in [-0.2, 0) is 22.6 Å². The van der Waals surface area contributed by atoms with Crippen LogP contribution in [0.3, 0.4) is 0 Å². The van der Waals surface area contributed by atoms with Crippen molar-refractivity contribution in [2.45, 2.75) is 13.1 Å². The molecule has 10 nitrogen and oxygen atoms in total. The van der Waals surface area contributed by atoms with Crippen molar-refractivity contribution in [1.82, 2.24) is 19.8 Å². The van der Waals surface area contributed by atoms with Gasteiger partial charge in [0.25, 0.3) is 5.56 Å². The van der Waals surface area contributed by atoms with Crippen LogP contribution < -0.4 is 21.9 Å². The summed E-state index contributed by atoms with van der Waals surface area (Å²) >= 11 is 6.57. The van der Waals surface area contributed by atoms with Gasteiger partial charge in [0.2, 0.25) is 5.91 Å². The number of hydrogen-bond acceptors (Lipinski definition) is 7. The van der Waals surface area contributed by atoms with E-state index in [1.165, 1.54) is 4.57 Å². The van der Waals surface area contributed by atoms with E-state index in [-0.39, 0.29) is 35.8 Å². The summed E-state index contributed by atoms with van der Waals surface area (Å²) in [5.41, 5.74) is 7.58. The molecule has 4 rings (SSSR count). The lowest BCUT2D eigenvalue weighted by atomic mass is 10.1. The number of nitrogens with one attached hydrogen (secondary N) is 3. The molecule has 2 heterocycles. The molecular weight excluding hydrogens is 494 g/mol. The van der Waals surface area contributed by atoms with Crippen LogP contribution in [0.1, 0.15) is 11.1 Å². The Morgan fingerprint density at radius 1 is 1.11 bits per heavy atom. The van der Waals surface area contributed by atoms with Gasteiger partial charge in [-0.1, -0.05) is 66.2 Å². The molecule has 0 bridgehead atoms. The number of aromatic nitrogens is 2. The average Bonchev–Trinajstić information content (AvgIpc) is 2.91. The third-order valence-corrected chi connectivity index (χ3v) is 6.31. The molecule has 0 aliphatic carbocycles. The molecular formula is C26H30ClN7O3. The van der Waals surface area contributed by atoms with E-state index in [2.05, 4.69) is 20.5 Å². The summed E-state index contributed by atoms with van der Waals surface area (Å²) in [6.45, 7) is 4.33. The van der Waals surface area contributed by atoms with Gasteiger partial charge in [-0.2, -0.15) is 0 Å². The predicted octanol–water partition coefficient (Wildman–Crippen LogP) is 1.91. The number of carbonyl (C=O) groups is 1. The third kappa shape index (κ3) is 6.94. The zero-order valence-corrected chi connectivity index (χ0v) is 21.1. The Morgan fingerprint density at radius 3 is 2.49 bits per heavy atom. The molecule has 194 valence electrons. The number of halogens is 1. The van der Waals surface area contributed by atoms with Crippen LogP contribution in [-0.4, -0.2) is 65.6 Å². The minimum absolute atomic E-state index is 0.0210. The van der Waals surface area contributed by atoms with Gasteiger partial charge in [-0.25, -0.2) is 4.98 Å². The lowest BCUT2D eigenvalue weighted by Gasteiger charge is -2.26. The minimum atomic E-state index is -0.425. The van der Waals surface area contributed by atoms with Gasteiger partial charge in [-0.15, -0.1) is 0 Å². The van der Waals surface area contributed by atoms with Crippen molar-refractivity contribution in [2.24, 2.45) is 5.73 Å². The summed E-state index contributed by atoms with van der Waals surface area (Å²) in [7, 11) is 0. The highest BCUT2D eigenvalue weighted by molar-refractivity contribution is 6.32. The number of carbonyl (C=O) groups excluding carboxylic acids is 1. The Bertz CT molecular complexity index is 1290. The molecule has 0 unspecified atom stereocenters. The first-order chi connectivity index (χ1) is 17.9. The highest BCUT2D eigenvalue weighted by atomic mass is 35.5. The number of ether oxygens (including phenoxy) is 1. The summed E-state index contributed by atoms with van der Waals surface area (Å²) in [6, 6.07) is 16.2. The van der Waals surface area contributed by atoms with Gasteiger partial charge in [-0.3, -0.25) is 24.5 Å². The SMILES string of the molecule is N=C(N)c1ccc(CNC(=O)Cn2c(-c3ccccc3)c(Cl)nc(NCCN3CCOCC3)c2=O)cc1. The molecule has 37 heavy (non-hydrogen) atoms. The van der Waals surface area contributed by atoms with Crippen molar-refractivity contribution < 1.29 is 9.53 Å². The van der Waals surface area contributed by atoms with E-state index >= 15 is 0 Å². The fourth-order valence-corrected chi connectivity index (χ4v) is 4.33. The second-order valence-corrected chi connectivity index (χ2v) is 8.98. The second kappa shape index (κ2) is 12.5. The van der Waals surface area contributed by atoms with E-state index < -0.39 is 5.56 Å². The molecule has 0 spiro atoms. The number of amides is 1. The number of anilines is 1. The maximum Gasteiger partial charge on any atom is 0.294 e. The van der Waals surface area contributed by atoms with E-state index in [0.29, 0.717) is 36.6 Å². The van der Waals surface area contributed by atoms with Crippen LogP contribution in [0.4, 0.5) is 5.82 Å². The summed E-state index contributed by atoms with van der Waals surface area (Å²) in [5.74, 6) is -0.269. The number of hydrogen-bond donors (Lipinski definition) is 4. The smallest absolute Gasteiger partial charge is 0.294 e. The fourth-order valence-electron chi connectivity index (χ4n) is 4.04. The van der Waals surface area contributed by atoms with Gasteiger partial charge in [0.1, 0.15) is 12.4 Å². The normalized spacial score (nSPS) is 13.8. The largest absolute Gasteiger partial charge is 0.384 e. The highest BCUT2D eigenvalue weighted by Gasteiger charge is 2.19. The molecule has 11 heteroatoms. The summed E-state index contributed by atoms with van der Waals surface area (Å²) < 4.78 is 6.73. The molecule has 1 aromatic heterocycles. The molecule has 1 aliphatic heterocycles. The molecule has 0 atom stereocenters. The Hall–Kier alpha value is -3.73. The zero-order valence-electron chi connectivity index (χ0n) is 20.4. The number of benzene rings is 2. The number of morpholine rings is 1. The second-order valence-electron chi connectivity index (χ2n) is 8.63. The van der Waals surface area contributed by atoms with E-state index in [1.807, 2.05) is 30.3 Å². The van der Waals surface area contributed by atoms with Crippen LogP contribution in [0, 0.1) is 5.41 Å². The lowest BCUT2D eigenvalue weighted by Crippen LogP contribution is -2.40. The van der Waals surface area contributed by atoms with Crippen molar-refractivity contribution in [3.05, 3.63) is 81.2 Å². The van der Waals surface area contributed by atoms with E-state index in [4.69, 9.17) is 27.5 Å². The maximum absolute atomic E-state index is 13.4. The maximum atomic E-state index is 13.4. The molecule has 0 radical (unpaired) electrons. The molecule has 5 N–H and O–H groups in total. The van der Waals surface area contributed by atoms with Gasteiger partial charge < -0.3 is 21.1 Å². The van der Waals surface area contributed by atoms with Crippen LogP contribution in [0.2, 0.25) is 5.15 Å². The Balaban J connectivity index is 1.52. The summed E-state index contributed by atoms with van der Waals surface area (Å²) in [4.78, 5) is 32.9. The van der Waals surface area contributed by atoms with Crippen molar-refractivity contribution in [1.29, 1.82) is 5.41 Å². The number of nitrogen functional groups attached to an aromatic ring is 1. The van der Waals surface area contributed by atoms with E-state index in [0.717, 1.165) is 25.2 Å². The standard InChI is InChI=1S/C26H30ClN7O3/c27-23-22(19-4-2-1-3-5-19)34(17-21(35)31-16-18-6-8-20(9-7-18)24(28)29)26(36)25(32-23)30-10-11-33-12-14-37-15-13-33/h1-9H,10-17H2,(H3,28,29)(H,30,32)(H,31,35). The van der Waals surface area contributed by atoms with Crippen molar-refractivity contribution in [3.63, 3.8) is 0 Å². The molecule has 1 saturated heterocycles. The fraction of sp³-hybridized carbons (Fsp3) is 0.308. The summed E-state index contributed by atoms with van der Waals surface area (Å²) in [6.07, 6.45) is 0. The van der Waals surface area contributed by atoms with Crippen molar-refractivity contribution in [3.8, 4) is 11.3 Å². The van der Waals surface area contributed by atoms with Gasteiger partial charge in [-0.05, 0) is 5.56 Å². The van der Waals surface area contributed by atoms with Gasteiger partial charge in [0, 0.05) is 43.9 Å². The van der Waals surface area contributed by atoms with Gasteiger partial charge >= 0.3 is 0 Å². The van der Waals surface area contributed by atoms with Crippen LogP contribution in [0.25, 0.3) is 11.3 Å². The van der Waals surface area contributed by atoms with Crippen molar-refractivity contribution in [2.75, 3.05) is 44.7 Å². The molecule has 2 aromatic carbocycles. The zero-order chi connectivity index (χ0) is 26.2. The lowest BCUT2D eigenvalue weighted by molar-refractivity contribution is -0.121. The van der Waals surface area contributed by atoms with Gasteiger partial charge in [0.05, 0.1) is 18.9 Å². The molecule has 3 aromatic rings. The molecule has 1 aliphatic rings. The first-order valence-electron chi connectivity index (χ1n) is 12.0. The van der Waals surface area contributed by atoms with Crippen LogP contribution in [0.5, 0.6) is 0 Å². The monoisotopic (exact) mass is 523 g/mol. The number of nitrogens with zero attached hydrogens (tertiary/aromatic N) is 3. The first kappa shape index (κ1) is 26.3. The number of nitrogens with two attached hydrogens (primary N) is 1. The number of rotatable bonds is 10. The van der Waals surface area contributed by atoms with E-state index in [9.17, 15) is 9.59 Å². The molecule has 1 fully saturated rings. The average molecular weight is 524 g/mol. The quantitative estimate of drug-likeness (QED) is 0.235. The molecule has 1 amide bonds.